The summed E-state index contributed by atoms with van der Waals surface area (Å²) in [4.78, 5) is 27.4. The molecule has 1 aliphatic carbocycles. The van der Waals surface area contributed by atoms with Gasteiger partial charge < -0.3 is 14.1 Å². The number of likely N-dealkylation sites (tertiary alicyclic amines) is 1. The van der Waals surface area contributed by atoms with Gasteiger partial charge in [-0.2, -0.15) is 0 Å². The first kappa shape index (κ1) is 20.6. The topological polar surface area (TPSA) is 93.9 Å². The van der Waals surface area contributed by atoms with E-state index in [1.807, 2.05) is 0 Å². The molecule has 2 aliphatic heterocycles. The van der Waals surface area contributed by atoms with Crippen LogP contribution in [0.5, 0.6) is 0 Å². The molecule has 2 saturated heterocycles. The maximum Gasteiger partial charge on any atom is 0.241 e. The van der Waals surface area contributed by atoms with Gasteiger partial charge in [0.15, 0.2) is 15.6 Å². The van der Waals surface area contributed by atoms with E-state index in [1.54, 1.807) is 12.1 Å². The monoisotopic (exact) mass is 423 g/mol. The first-order chi connectivity index (χ1) is 14.0. The Kier molecular flexibility index (Phi) is 6.11. The van der Waals surface area contributed by atoms with Crippen LogP contribution in [-0.4, -0.2) is 55.6 Å². The van der Waals surface area contributed by atoms with Crippen LogP contribution in [0.25, 0.3) is 0 Å². The summed E-state index contributed by atoms with van der Waals surface area (Å²) in [5.41, 5.74) is 0. The molecule has 0 aromatic carbocycles. The average Bonchev–Trinajstić information content (AvgIpc) is 3.36. The standard InChI is InChI=1S/C21H29NO6S/c23-17-13-28-18-9-4-10-22(20(17)18)21(24)19(12-15-6-2-1-3-7-15)29(25,26)14-16-8-5-11-27-16/h5,8,11,15,18-20H,1-4,6-7,9-10,12-14H2. The fourth-order valence-electron chi connectivity index (χ4n) is 5.04. The third-order valence-corrected chi connectivity index (χ3v) is 8.48. The van der Waals surface area contributed by atoms with Crippen LogP contribution in [0, 0.1) is 5.92 Å². The molecule has 4 rings (SSSR count). The molecule has 8 heteroatoms. The van der Waals surface area contributed by atoms with Crippen LogP contribution < -0.4 is 0 Å². The third kappa shape index (κ3) is 4.43. The van der Waals surface area contributed by atoms with Crippen LogP contribution in [-0.2, 0) is 29.9 Å². The molecule has 160 valence electrons. The van der Waals surface area contributed by atoms with Crippen LogP contribution in [0.4, 0.5) is 0 Å². The van der Waals surface area contributed by atoms with Crippen molar-refractivity contribution in [3.05, 3.63) is 24.2 Å². The second-order valence-corrected chi connectivity index (χ2v) is 10.7. The molecular weight excluding hydrogens is 394 g/mol. The van der Waals surface area contributed by atoms with Gasteiger partial charge >= 0.3 is 0 Å². The number of ketones is 1. The molecule has 1 aromatic heterocycles. The molecule has 29 heavy (non-hydrogen) atoms. The van der Waals surface area contributed by atoms with Crippen molar-refractivity contribution in [2.75, 3.05) is 13.2 Å². The average molecular weight is 424 g/mol. The van der Waals surface area contributed by atoms with E-state index in [-0.39, 0.29) is 30.2 Å². The molecule has 3 unspecified atom stereocenters. The van der Waals surface area contributed by atoms with Crippen molar-refractivity contribution in [3.63, 3.8) is 0 Å². The Morgan fingerprint density at radius 2 is 1.97 bits per heavy atom. The number of rotatable bonds is 6. The Balaban J connectivity index is 1.59. The van der Waals surface area contributed by atoms with Gasteiger partial charge in [-0.15, -0.1) is 0 Å². The van der Waals surface area contributed by atoms with Crippen molar-refractivity contribution in [3.8, 4) is 0 Å². The van der Waals surface area contributed by atoms with Crippen LogP contribution in [0.3, 0.4) is 0 Å². The second kappa shape index (κ2) is 8.60. The molecular formula is C21H29NO6S. The number of furan rings is 1. The fourth-order valence-corrected chi connectivity index (χ4v) is 6.81. The summed E-state index contributed by atoms with van der Waals surface area (Å²) in [5, 5.41) is -1.14. The SMILES string of the molecule is O=C1COC2CCCN(C(=O)C(CC3CCCCC3)S(=O)(=O)Cc3ccco3)C12. The van der Waals surface area contributed by atoms with E-state index in [0.29, 0.717) is 25.1 Å². The van der Waals surface area contributed by atoms with Gasteiger partial charge in [0.25, 0.3) is 0 Å². The van der Waals surface area contributed by atoms with Gasteiger partial charge in [-0.25, -0.2) is 8.42 Å². The van der Waals surface area contributed by atoms with Crippen LogP contribution in [0.15, 0.2) is 22.8 Å². The molecule has 3 aliphatic rings. The highest BCUT2D eigenvalue weighted by atomic mass is 32.2. The number of carbonyl (C=O) groups is 2. The third-order valence-electron chi connectivity index (χ3n) is 6.53. The normalized spacial score (nSPS) is 27.0. The summed E-state index contributed by atoms with van der Waals surface area (Å²) in [6.45, 7) is 0.415. The molecule has 0 N–H and O–H groups in total. The zero-order valence-electron chi connectivity index (χ0n) is 16.6. The number of hydrogen-bond acceptors (Lipinski definition) is 6. The van der Waals surface area contributed by atoms with Gasteiger partial charge in [0.1, 0.15) is 29.4 Å². The maximum absolute atomic E-state index is 13.5. The predicted molar refractivity (Wildman–Crippen MR) is 106 cm³/mol. The molecule has 3 fully saturated rings. The fraction of sp³-hybridized carbons (Fsp3) is 0.714. The Labute approximate surface area is 171 Å². The van der Waals surface area contributed by atoms with Crippen molar-refractivity contribution in [2.24, 2.45) is 5.92 Å². The van der Waals surface area contributed by atoms with Crippen molar-refractivity contribution < 1.29 is 27.2 Å². The van der Waals surface area contributed by atoms with Crippen molar-refractivity contribution in [2.45, 2.75) is 74.5 Å². The van der Waals surface area contributed by atoms with E-state index in [2.05, 4.69) is 0 Å². The lowest BCUT2D eigenvalue weighted by molar-refractivity contribution is -0.140. The Morgan fingerprint density at radius 3 is 2.69 bits per heavy atom. The molecule has 0 bridgehead atoms. The number of fused-ring (bicyclic) bond motifs is 1. The summed E-state index contributed by atoms with van der Waals surface area (Å²) < 4.78 is 37.4. The molecule has 1 saturated carbocycles. The summed E-state index contributed by atoms with van der Waals surface area (Å²) in [6.07, 6.45) is 8.12. The molecule has 0 spiro atoms. The highest BCUT2D eigenvalue weighted by Crippen LogP contribution is 2.33. The van der Waals surface area contributed by atoms with E-state index in [9.17, 15) is 18.0 Å². The Hall–Kier alpha value is -1.67. The summed E-state index contributed by atoms with van der Waals surface area (Å²) in [7, 11) is -3.78. The van der Waals surface area contributed by atoms with Crippen LogP contribution >= 0.6 is 0 Å². The van der Waals surface area contributed by atoms with Gasteiger partial charge in [-0.3, -0.25) is 9.59 Å². The van der Waals surface area contributed by atoms with Gasteiger partial charge in [-0.1, -0.05) is 32.1 Å². The number of sulfone groups is 1. The van der Waals surface area contributed by atoms with Crippen LogP contribution in [0.1, 0.15) is 57.1 Å². The van der Waals surface area contributed by atoms with E-state index in [4.69, 9.17) is 9.15 Å². The van der Waals surface area contributed by atoms with Crippen molar-refractivity contribution in [1.29, 1.82) is 0 Å². The zero-order chi connectivity index (χ0) is 20.4. The zero-order valence-corrected chi connectivity index (χ0v) is 17.4. The molecule has 3 heterocycles. The first-order valence-electron chi connectivity index (χ1n) is 10.6. The van der Waals surface area contributed by atoms with Gasteiger partial charge in [0.05, 0.1) is 12.4 Å². The van der Waals surface area contributed by atoms with E-state index in [0.717, 1.165) is 38.5 Å². The summed E-state index contributed by atoms with van der Waals surface area (Å²) in [6, 6.07) is 2.63. The Morgan fingerprint density at radius 1 is 1.17 bits per heavy atom. The van der Waals surface area contributed by atoms with E-state index in [1.165, 1.54) is 11.2 Å². The second-order valence-electron chi connectivity index (χ2n) is 8.55. The summed E-state index contributed by atoms with van der Waals surface area (Å²) >= 11 is 0. The number of nitrogens with zero attached hydrogens (tertiary/aromatic N) is 1. The molecule has 1 aromatic rings. The van der Waals surface area contributed by atoms with Crippen molar-refractivity contribution in [1.82, 2.24) is 4.90 Å². The van der Waals surface area contributed by atoms with Gasteiger partial charge in [-0.05, 0) is 37.3 Å². The Bertz CT molecular complexity index is 827. The molecule has 3 atom stereocenters. The highest BCUT2D eigenvalue weighted by Gasteiger charge is 2.48. The molecule has 7 nitrogen and oxygen atoms in total. The smallest absolute Gasteiger partial charge is 0.241 e. The minimum atomic E-state index is -3.78. The minimum absolute atomic E-state index is 0.00551. The number of piperidine rings is 1. The maximum atomic E-state index is 13.5. The first-order valence-corrected chi connectivity index (χ1v) is 12.4. The lowest BCUT2D eigenvalue weighted by Crippen LogP contribution is -2.56. The van der Waals surface area contributed by atoms with Gasteiger partial charge in [0.2, 0.25) is 5.91 Å². The number of ether oxygens (including phenoxy) is 1. The van der Waals surface area contributed by atoms with Gasteiger partial charge in [0, 0.05) is 6.54 Å². The predicted octanol–water partition coefficient (Wildman–Crippen LogP) is 2.49. The largest absolute Gasteiger partial charge is 0.468 e. The lowest BCUT2D eigenvalue weighted by Gasteiger charge is -2.38. The summed E-state index contributed by atoms with van der Waals surface area (Å²) in [5.74, 6) is -0.294. The van der Waals surface area contributed by atoms with E-state index >= 15 is 0 Å². The molecule has 1 amide bonds. The number of Topliss-reactive ketones (excluding diaryl/α,β-unsaturated/α-hetero) is 1. The quantitative estimate of drug-likeness (QED) is 0.698. The lowest BCUT2D eigenvalue weighted by atomic mass is 9.85. The van der Waals surface area contributed by atoms with Crippen LogP contribution in [0.2, 0.25) is 0 Å². The number of amides is 1. The number of carbonyl (C=O) groups excluding carboxylic acids is 2. The van der Waals surface area contributed by atoms with Crippen molar-refractivity contribution >= 4 is 21.5 Å². The minimum Gasteiger partial charge on any atom is -0.468 e. The number of hydrogen-bond donors (Lipinski definition) is 0. The van der Waals surface area contributed by atoms with E-state index < -0.39 is 27.0 Å². The molecule has 0 radical (unpaired) electrons. The highest BCUT2D eigenvalue weighted by molar-refractivity contribution is 7.92.